The number of nitrogens with zero attached hydrogens (tertiary/aromatic N) is 2. The number of carbonyl (C=O) groups is 2. The van der Waals surface area contributed by atoms with Crippen LogP contribution in [-0.2, 0) is 4.79 Å². The van der Waals surface area contributed by atoms with Crippen molar-refractivity contribution < 1.29 is 19.2 Å². The van der Waals surface area contributed by atoms with Gasteiger partial charge in [0, 0.05) is 30.4 Å². The van der Waals surface area contributed by atoms with Crippen molar-refractivity contribution in [3.05, 3.63) is 63.2 Å². The maximum atomic E-state index is 12.3. The third kappa shape index (κ3) is 4.77. The van der Waals surface area contributed by atoms with Crippen LogP contribution < -0.4 is 10.1 Å². The molecule has 2 aromatic carbocycles. The van der Waals surface area contributed by atoms with Crippen LogP contribution in [0.5, 0.6) is 5.75 Å². The van der Waals surface area contributed by atoms with Crippen LogP contribution in [0.1, 0.15) is 23.2 Å². The third-order valence-electron chi connectivity index (χ3n) is 4.29. The molecular formula is C19H18ClN3O5. The number of carbonyl (C=O) groups excluding carboxylic acids is 2. The lowest BCUT2D eigenvalue weighted by Crippen LogP contribution is -2.27. The SMILES string of the molecule is O=C(COc1ccc(C(=O)N2CCCC2)cc1)Nc1ccc(Cl)c([N+](=O)[O-])c1. The molecule has 0 saturated carbocycles. The number of hydrogen-bond acceptors (Lipinski definition) is 5. The molecule has 0 unspecified atom stereocenters. The van der Waals surface area contributed by atoms with Crippen molar-refractivity contribution in [2.75, 3.05) is 25.0 Å². The number of halogens is 1. The van der Waals surface area contributed by atoms with E-state index in [1.165, 1.54) is 18.2 Å². The summed E-state index contributed by atoms with van der Waals surface area (Å²) in [5.41, 5.74) is 0.530. The van der Waals surface area contributed by atoms with Crippen LogP contribution in [0.3, 0.4) is 0 Å². The number of benzene rings is 2. The Balaban J connectivity index is 1.54. The molecule has 3 rings (SSSR count). The van der Waals surface area contributed by atoms with Crippen LogP contribution in [0.4, 0.5) is 11.4 Å². The number of nitro groups is 1. The first-order chi connectivity index (χ1) is 13.4. The van der Waals surface area contributed by atoms with E-state index in [-0.39, 0.29) is 28.9 Å². The largest absolute Gasteiger partial charge is 0.484 e. The molecule has 2 aromatic rings. The van der Waals surface area contributed by atoms with E-state index >= 15 is 0 Å². The number of nitrogens with one attached hydrogen (secondary N) is 1. The van der Waals surface area contributed by atoms with Gasteiger partial charge in [-0.3, -0.25) is 19.7 Å². The van der Waals surface area contributed by atoms with E-state index in [4.69, 9.17) is 16.3 Å². The van der Waals surface area contributed by atoms with Crippen LogP contribution >= 0.6 is 11.6 Å². The number of nitro benzene ring substituents is 1. The minimum atomic E-state index is -0.626. The number of rotatable bonds is 6. The number of anilines is 1. The Morgan fingerprint density at radius 1 is 1.14 bits per heavy atom. The van der Waals surface area contributed by atoms with Crippen molar-refractivity contribution in [2.45, 2.75) is 12.8 Å². The molecule has 1 heterocycles. The van der Waals surface area contributed by atoms with Crippen LogP contribution in [0.2, 0.25) is 5.02 Å². The lowest BCUT2D eigenvalue weighted by molar-refractivity contribution is -0.384. The second-order valence-electron chi connectivity index (χ2n) is 6.28. The summed E-state index contributed by atoms with van der Waals surface area (Å²) in [6, 6.07) is 10.6. The highest BCUT2D eigenvalue weighted by atomic mass is 35.5. The van der Waals surface area contributed by atoms with E-state index in [2.05, 4.69) is 5.32 Å². The molecule has 0 spiro atoms. The molecule has 0 radical (unpaired) electrons. The smallest absolute Gasteiger partial charge is 0.289 e. The topological polar surface area (TPSA) is 102 Å². The van der Waals surface area contributed by atoms with E-state index in [1.54, 1.807) is 24.3 Å². The first-order valence-electron chi connectivity index (χ1n) is 8.70. The quantitative estimate of drug-likeness (QED) is 0.587. The summed E-state index contributed by atoms with van der Waals surface area (Å²) < 4.78 is 5.40. The monoisotopic (exact) mass is 403 g/mol. The Bertz CT molecular complexity index is 895. The van der Waals surface area contributed by atoms with Gasteiger partial charge >= 0.3 is 0 Å². The molecule has 9 heteroatoms. The van der Waals surface area contributed by atoms with Crippen molar-refractivity contribution in [1.29, 1.82) is 0 Å². The molecule has 0 atom stereocenters. The van der Waals surface area contributed by atoms with Gasteiger partial charge in [0.1, 0.15) is 10.8 Å². The molecule has 1 N–H and O–H groups in total. The molecule has 0 aliphatic carbocycles. The molecule has 8 nitrogen and oxygen atoms in total. The number of amides is 2. The van der Waals surface area contributed by atoms with Crippen LogP contribution in [0.15, 0.2) is 42.5 Å². The van der Waals surface area contributed by atoms with E-state index < -0.39 is 10.8 Å². The highest BCUT2D eigenvalue weighted by Crippen LogP contribution is 2.27. The van der Waals surface area contributed by atoms with Gasteiger partial charge in [-0.05, 0) is 49.2 Å². The first kappa shape index (κ1) is 19.6. The van der Waals surface area contributed by atoms with E-state index in [1.807, 2.05) is 4.90 Å². The van der Waals surface area contributed by atoms with Gasteiger partial charge in [-0.15, -0.1) is 0 Å². The van der Waals surface area contributed by atoms with Gasteiger partial charge in [0.05, 0.1) is 4.92 Å². The van der Waals surface area contributed by atoms with Gasteiger partial charge < -0.3 is 15.0 Å². The highest BCUT2D eigenvalue weighted by molar-refractivity contribution is 6.32. The maximum absolute atomic E-state index is 12.3. The predicted molar refractivity (Wildman–Crippen MR) is 104 cm³/mol. The van der Waals surface area contributed by atoms with Gasteiger partial charge in [-0.2, -0.15) is 0 Å². The second-order valence-corrected chi connectivity index (χ2v) is 6.69. The summed E-state index contributed by atoms with van der Waals surface area (Å²) in [6.07, 6.45) is 2.05. The molecule has 146 valence electrons. The zero-order valence-electron chi connectivity index (χ0n) is 14.9. The Morgan fingerprint density at radius 3 is 2.46 bits per heavy atom. The predicted octanol–water partition coefficient (Wildman–Crippen LogP) is 3.50. The zero-order valence-corrected chi connectivity index (χ0v) is 15.6. The normalized spacial score (nSPS) is 13.2. The number of hydrogen-bond donors (Lipinski definition) is 1. The van der Waals surface area contributed by atoms with Crippen molar-refractivity contribution >= 4 is 34.8 Å². The van der Waals surface area contributed by atoms with Crippen molar-refractivity contribution in [1.82, 2.24) is 4.90 Å². The molecule has 1 aliphatic heterocycles. The second kappa shape index (κ2) is 8.71. The Labute approximate surface area is 166 Å². The van der Waals surface area contributed by atoms with Gasteiger partial charge in [0.2, 0.25) is 0 Å². The lowest BCUT2D eigenvalue weighted by atomic mass is 10.2. The molecule has 28 heavy (non-hydrogen) atoms. The molecular weight excluding hydrogens is 386 g/mol. The van der Waals surface area contributed by atoms with Gasteiger partial charge in [-0.1, -0.05) is 11.6 Å². The van der Waals surface area contributed by atoms with Crippen LogP contribution in [-0.4, -0.2) is 41.3 Å². The number of ether oxygens (including phenoxy) is 1. The van der Waals surface area contributed by atoms with Gasteiger partial charge in [-0.25, -0.2) is 0 Å². The maximum Gasteiger partial charge on any atom is 0.289 e. The summed E-state index contributed by atoms with van der Waals surface area (Å²) in [4.78, 5) is 36.4. The fourth-order valence-corrected chi connectivity index (χ4v) is 3.06. The Hall–Kier alpha value is -3.13. The van der Waals surface area contributed by atoms with Gasteiger partial charge in [0.15, 0.2) is 6.61 Å². The lowest BCUT2D eigenvalue weighted by Gasteiger charge is -2.15. The molecule has 1 aliphatic rings. The van der Waals surface area contributed by atoms with Crippen LogP contribution in [0.25, 0.3) is 0 Å². The minimum Gasteiger partial charge on any atom is -0.484 e. The van der Waals surface area contributed by atoms with Crippen molar-refractivity contribution in [3.8, 4) is 5.75 Å². The van der Waals surface area contributed by atoms with E-state index in [9.17, 15) is 19.7 Å². The standard InChI is InChI=1S/C19H18ClN3O5/c20-16-8-5-14(11-17(16)23(26)27)21-18(24)12-28-15-6-3-13(4-7-15)19(25)22-9-1-2-10-22/h3-8,11H,1-2,9-10,12H2,(H,21,24). The Morgan fingerprint density at radius 2 is 1.82 bits per heavy atom. The summed E-state index contributed by atoms with van der Waals surface area (Å²) in [7, 11) is 0. The molecule has 2 amide bonds. The fourth-order valence-electron chi connectivity index (χ4n) is 2.87. The molecule has 1 fully saturated rings. The molecule has 1 saturated heterocycles. The fraction of sp³-hybridized carbons (Fsp3) is 0.263. The first-order valence-corrected chi connectivity index (χ1v) is 9.08. The third-order valence-corrected chi connectivity index (χ3v) is 4.61. The summed E-state index contributed by atoms with van der Waals surface area (Å²) in [6.45, 7) is 1.27. The summed E-state index contributed by atoms with van der Waals surface area (Å²) in [5, 5.41) is 13.4. The number of likely N-dealkylation sites (tertiary alicyclic amines) is 1. The average Bonchev–Trinajstić information content (AvgIpc) is 3.22. The zero-order chi connectivity index (χ0) is 20.1. The van der Waals surface area contributed by atoms with E-state index in [0.717, 1.165) is 25.9 Å². The van der Waals surface area contributed by atoms with Crippen molar-refractivity contribution in [3.63, 3.8) is 0 Å². The highest BCUT2D eigenvalue weighted by Gasteiger charge is 2.19. The minimum absolute atomic E-state index is 0.00822. The van der Waals surface area contributed by atoms with Crippen molar-refractivity contribution in [2.24, 2.45) is 0 Å². The van der Waals surface area contributed by atoms with E-state index in [0.29, 0.717) is 11.3 Å². The average molecular weight is 404 g/mol. The molecule has 0 bridgehead atoms. The summed E-state index contributed by atoms with van der Waals surface area (Å²) >= 11 is 5.74. The van der Waals surface area contributed by atoms with Gasteiger partial charge in [0.25, 0.3) is 17.5 Å². The Kier molecular flexibility index (Phi) is 6.10. The van der Waals surface area contributed by atoms with Crippen LogP contribution in [0, 0.1) is 10.1 Å². The molecule has 0 aromatic heterocycles. The summed E-state index contributed by atoms with van der Waals surface area (Å²) in [5.74, 6) is -0.0461.